The number of para-hydroxylation sites is 1. The maximum absolute atomic E-state index is 2.30. The van der Waals surface area contributed by atoms with Gasteiger partial charge in [0.2, 0.25) is 0 Å². The summed E-state index contributed by atoms with van der Waals surface area (Å²) in [6.45, 7) is 4.43. The van der Waals surface area contributed by atoms with Gasteiger partial charge in [0.05, 0.1) is 0 Å². The fourth-order valence-corrected chi connectivity index (χ4v) is 3.39. The molecule has 1 aromatic carbocycles. The molecule has 3 aromatic rings. The van der Waals surface area contributed by atoms with E-state index in [1.807, 2.05) is 11.3 Å². The Bertz CT molecular complexity index is 658. The van der Waals surface area contributed by atoms with Gasteiger partial charge in [-0.25, -0.2) is 0 Å². The normalized spacial score (nSPS) is 11.7. The summed E-state index contributed by atoms with van der Waals surface area (Å²) in [4.78, 5) is 2.83. The standard InChI is InChI=1S/C13H13NS/c1-8-9(2)15-13-12(8)10-6-4-5-7-11(10)14(13)3/h4-7H,1-3H3. The van der Waals surface area contributed by atoms with Crippen LogP contribution < -0.4 is 0 Å². The van der Waals surface area contributed by atoms with Crippen LogP contribution in [0.5, 0.6) is 0 Å². The van der Waals surface area contributed by atoms with Crippen LogP contribution in [0.25, 0.3) is 21.1 Å². The Balaban J connectivity index is 2.68. The molecule has 0 saturated carbocycles. The highest BCUT2D eigenvalue weighted by molar-refractivity contribution is 7.19. The molecule has 0 N–H and O–H groups in total. The minimum absolute atomic E-state index is 1.34. The molecule has 0 saturated heterocycles. The first kappa shape index (κ1) is 8.98. The van der Waals surface area contributed by atoms with Crippen LogP contribution >= 0.6 is 11.3 Å². The van der Waals surface area contributed by atoms with Crippen LogP contribution in [0.2, 0.25) is 0 Å². The van der Waals surface area contributed by atoms with Crippen molar-refractivity contribution in [2.24, 2.45) is 7.05 Å². The number of benzene rings is 1. The summed E-state index contributed by atoms with van der Waals surface area (Å²) in [6.07, 6.45) is 0. The Morgan fingerprint density at radius 2 is 1.87 bits per heavy atom. The molecule has 2 heteroatoms. The van der Waals surface area contributed by atoms with Crippen molar-refractivity contribution in [2.75, 3.05) is 0 Å². The molecular formula is C13H13NS. The molecular weight excluding hydrogens is 202 g/mol. The lowest BCUT2D eigenvalue weighted by molar-refractivity contribution is 1.02. The second-order valence-electron chi connectivity index (χ2n) is 4.04. The highest BCUT2D eigenvalue weighted by Crippen LogP contribution is 2.37. The van der Waals surface area contributed by atoms with Crippen molar-refractivity contribution in [3.05, 3.63) is 34.7 Å². The Morgan fingerprint density at radius 3 is 2.67 bits per heavy atom. The Morgan fingerprint density at radius 1 is 1.13 bits per heavy atom. The van der Waals surface area contributed by atoms with Crippen molar-refractivity contribution >= 4 is 32.5 Å². The van der Waals surface area contributed by atoms with Gasteiger partial charge in [-0.3, -0.25) is 0 Å². The summed E-state index contributed by atoms with van der Waals surface area (Å²) >= 11 is 1.89. The third kappa shape index (κ3) is 1.03. The summed E-state index contributed by atoms with van der Waals surface area (Å²) < 4.78 is 2.30. The van der Waals surface area contributed by atoms with Crippen molar-refractivity contribution in [3.63, 3.8) is 0 Å². The number of thiophene rings is 1. The molecule has 0 atom stereocenters. The van der Waals surface area contributed by atoms with Crippen LogP contribution in [-0.4, -0.2) is 4.57 Å². The predicted molar refractivity (Wildman–Crippen MR) is 67.8 cm³/mol. The Hall–Kier alpha value is -1.28. The average molecular weight is 215 g/mol. The van der Waals surface area contributed by atoms with Gasteiger partial charge in [0, 0.05) is 28.2 Å². The number of fused-ring (bicyclic) bond motifs is 3. The van der Waals surface area contributed by atoms with Crippen LogP contribution in [0.1, 0.15) is 10.4 Å². The number of rotatable bonds is 0. The maximum atomic E-state index is 2.30. The lowest BCUT2D eigenvalue weighted by Gasteiger charge is -1.95. The van der Waals surface area contributed by atoms with E-state index in [-0.39, 0.29) is 0 Å². The van der Waals surface area contributed by atoms with Gasteiger partial charge >= 0.3 is 0 Å². The topological polar surface area (TPSA) is 4.93 Å². The van der Waals surface area contributed by atoms with E-state index in [1.165, 1.54) is 31.6 Å². The zero-order valence-corrected chi connectivity index (χ0v) is 9.98. The molecule has 1 nitrogen and oxygen atoms in total. The van der Waals surface area contributed by atoms with Gasteiger partial charge in [-0.05, 0) is 25.5 Å². The summed E-state index contributed by atoms with van der Waals surface area (Å²) in [5.74, 6) is 0. The molecule has 0 aliphatic carbocycles. The average Bonchev–Trinajstić information content (AvgIpc) is 2.68. The van der Waals surface area contributed by atoms with E-state index in [1.54, 1.807) is 0 Å². The van der Waals surface area contributed by atoms with Gasteiger partial charge in [-0.15, -0.1) is 11.3 Å². The number of hydrogen-bond donors (Lipinski definition) is 0. The van der Waals surface area contributed by atoms with E-state index >= 15 is 0 Å². The minimum atomic E-state index is 1.34. The summed E-state index contributed by atoms with van der Waals surface area (Å²) in [5.41, 5.74) is 2.77. The molecule has 0 aliphatic rings. The van der Waals surface area contributed by atoms with Crippen molar-refractivity contribution in [1.82, 2.24) is 4.57 Å². The number of hydrogen-bond acceptors (Lipinski definition) is 1. The van der Waals surface area contributed by atoms with E-state index in [0.29, 0.717) is 0 Å². The fourth-order valence-electron chi connectivity index (χ4n) is 2.25. The lowest BCUT2D eigenvalue weighted by atomic mass is 10.1. The van der Waals surface area contributed by atoms with Crippen LogP contribution in [0.4, 0.5) is 0 Å². The van der Waals surface area contributed by atoms with Gasteiger partial charge in [-0.1, -0.05) is 18.2 Å². The number of aromatic nitrogens is 1. The molecule has 2 heterocycles. The van der Waals surface area contributed by atoms with Crippen molar-refractivity contribution in [1.29, 1.82) is 0 Å². The van der Waals surface area contributed by atoms with E-state index in [4.69, 9.17) is 0 Å². The van der Waals surface area contributed by atoms with E-state index in [9.17, 15) is 0 Å². The van der Waals surface area contributed by atoms with E-state index in [0.717, 1.165) is 0 Å². The molecule has 0 bridgehead atoms. The molecule has 0 unspecified atom stereocenters. The Labute approximate surface area is 92.9 Å². The van der Waals surface area contributed by atoms with Crippen molar-refractivity contribution in [3.8, 4) is 0 Å². The molecule has 0 spiro atoms. The molecule has 0 fully saturated rings. The third-order valence-electron chi connectivity index (χ3n) is 3.21. The quantitative estimate of drug-likeness (QED) is 0.534. The first-order chi connectivity index (χ1) is 7.20. The van der Waals surface area contributed by atoms with Crippen LogP contribution in [0.15, 0.2) is 24.3 Å². The van der Waals surface area contributed by atoms with Gasteiger partial charge < -0.3 is 4.57 Å². The van der Waals surface area contributed by atoms with Gasteiger partial charge in [0.1, 0.15) is 4.83 Å². The minimum Gasteiger partial charge on any atom is -0.335 e. The van der Waals surface area contributed by atoms with E-state index in [2.05, 4.69) is 49.7 Å². The lowest BCUT2D eigenvalue weighted by Crippen LogP contribution is -1.83. The highest BCUT2D eigenvalue weighted by Gasteiger charge is 2.13. The molecule has 3 rings (SSSR count). The monoisotopic (exact) mass is 215 g/mol. The number of nitrogens with zero attached hydrogens (tertiary/aromatic N) is 1. The molecule has 0 amide bonds. The van der Waals surface area contributed by atoms with Crippen molar-refractivity contribution < 1.29 is 0 Å². The zero-order chi connectivity index (χ0) is 10.6. The third-order valence-corrected chi connectivity index (χ3v) is 4.49. The Kier molecular flexibility index (Phi) is 1.71. The molecule has 15 heavy (non-hydrogen) atoms. The SMILES string of the molecule is Cc1sc2c(c1C)c1ccccc1n2C. The summed E-state index contributed by atoms with van der Waals surface area (Å²) in [5, 5.41) is 2.83. The van der Waals surface area contributed by atoms with Crippen LogP contribution in [-0.2, 0) is 7.05 Å². The maximum Gasteiger partial charge on any atom is 0.104 e. The second-order valence-corrected chi connectivity index (χ2v) is 5.24. The first-order valence-electron chi connectivity index (χ1n) is 5.13. The van der Waals surface area contributed by atoms with Gasteiger partial charge in [-0.2, -0.15) is 0 Å². The molecule has 0 aliphatic heterocycles. The molecule has 2 aromatic heterocycles. The summed E-state index contributed by atoms with van der Waals surface area (Å²) in [7, 11) is 2.15. The zero-order valence-electron chi connectivity index (χ0n) is 9.16. The van der Waals surface area contributed by atoms with Gasteiger partial charge in [0.15, 0.2) is 0 Å². The first-order valence-corrected chi connectivity index (χ1v) is 5.95. The van der Waals surface area contributed by atoms with Crippen LogP contribution in [0, 0.1) is 13.8 Å². The number of aryl methyl sites for hydroxylation is 3. The molecule has 0 radical (unpaired) electrons. The second kappa shape index (κ2) is 2.86. The highest BCUT2D eigenvalue weighted by atomic mass is 32.1. The molecule has 76 valence electrons. The predicted octanol–water partition coefficient (Wildman–Crippen LogP) is 4.01. The largest absolute Gasteiger partial charge is 0.335 e. The van der Waals surface area contributed by atoms with Crippen LogP contribution in [0.3, 0.4) is 0 Å². The van der Waals surface area contributed by atoms with Gasteiger partial charge in [0.25, 0.3) is 0 Å². The summed E-state index contributed by atoms with van der Waals surface area (Å²) in [6, 6.07) is 8.63. The fraction of sp³-hybridized carbons (Fsp3) is 0.231. The smallest absolute Gasteiger partial charge is 0.104 e. The van der Waals surface area contributed by atoms with E-state index < -0.39 is 0 Å². The van der Waals surface area contributed by atoms with Crippen molar-refractivity contribution in [2.45, 2.75) is 13.8 Å².